The Morgan fingerprint density at radius 3 is 2.38 bits per heavy atom. The van der Waals surface area contributed by atoms with Crippen LogP contribution in [0.5, 0.6) is 0 Å². The molecular formula is C14H16N2O3S2. The minimum atomic E-state index is -0.450. The molecule has 1 amide bonds. The maximum Gasteiger partial charge on any atom is 0.341 e. The average molecular weight is 324 g/mol. The van der Waals surface area contributed by atoms with Crippen LogP contribution in [0.4, 0.5) is 10.7 Å². The first kappa shape index (κ1) is 15.5. The van der Waals surface area contributed by atoms with Crippen molar-refractivity contribution in [2.45, 2.75) is 20.8 Å². The molecule has 0 saturated carbocycles. The summed E-state index contributed by atoms with van der Waals surface area (Å²) < 4.78 is 4.78. The van der Waals surface area contributed by atoms with Crippen molar-refractivity contribution in [1.29, 1.82) is 0 Å². The van der Waals surface area contributed by atoms with Crippen LogP contribution in [0.15, 0.2) is 6.07 Å². The Morgan fingerprint density at radius 2 is 1.86 bits per heavy atom. The zero-order chi connectivity index (χ0) is 15.7. The molecule has 0 radical (unpaired) electrons. The molecule has 0 bridgehead atoms. The standard InChI is InChI=1S/C14H16N2O3S2/c1-6-7(2)21-13(11(6)14(18)19-4)16-12(17)10-5-9(15)8(3)20-10/h5H,15H2,1-4H3,(H,16,17). The van der Waals surface area contributed by atoms with Crippen LogP contribution in [0.2, 0.25) is 0 Å². The number of hydrogen-bond acceptors (Lipinski definition) is 6. The first-order chi connectivity index (χ1) is 9.85. The van der Waals surface area contributed by atoms with Gasteiger partial charge in [0.05, 0.1) is 17.6 Å². The Morgan fingerprint density at radius 1 is 1.19 bits per heavy atom. The molecule has 0 atom stereocenters. The number of nitrogens with one attached hydrogen (secondary N) is 1. The fraction of sp³-hybridized carbons (Fsp3) is 0.286. The number of thiophene rings is 2. The molecule has 2 aromatic heterocycles. The largest absolute Gasteiger partial charge is 0.465 e. The van der Waals surface area contributed by atoms with Crippen LogP contribution in [0.3, 0.4) is 0 Å². The highest BCUT2D eigenvalue weighted by Crippen LogP contribution is 2.34. The van der Waals surface area contributed by atoms with Crippen molar-refractivity contribution < 1.29 is 14.3 Å². The topological polar surface area (TPSA) is 81.4 Å². The lowest BCUT2D eigenvalue weighted by Gasteiger charge is -2.04. The van der Waals surface area contributed by atoms with Gasteiger partial charge >= 0.3 is 5.97 Å². The number of methoxy groups -OCH3 is 1. The van der Waals surface area contributed by atoms with Gasteiger partial charge in [-0.15, -0.1) is 22.7 Å². The molecule has 21 heavy (non-hydrogen) atoms. The maximum absolute atomic E-state index is 12.3. The quantitative estimate of drug-likeness (QED) is 0.848. The van der Waals surface area contributed by atoms with Gasteiger partial charge in [0.15, 0.2) is 0 Å². The molecule has 0 aromatic carbocycles. The maximum atomic E-state index is 12.3. The SMILES string of the molecule is COC(=O)c1c(NC(=O)c2cc(N)c(C)s2)sc(C)c1C. The van der Waals surface area contributed by atoms with E-state index in [-0.39, 0.29) is 5.91 Å². The molecule has 2 heterocycles. The van der Waals surface area contributed by atoms with E-state index < -0.39 is 5.97 Å². The molecule has 5 nitrogen and oxygen atoms in total. The van der Waals surface area contributed by atoms with E-state index in [2.05, 4.69) is 5.32 Å². The lowest BCUT2D eigenvalue weighted by atomic mass is 10.1. The summed E-state index contributed by atoms with van der Waals surface area (Å²) >= 11 is 2.68. The van der Waals surface area contributed by atoms with Gasteiger partial charge in [-0.1, -0.05) is 0 Å². The number of carbonyl (C=O) groups excluding carboxylic acids is 2. The molecule has 0 aliphatic heterocycles. The van der Waals surface area contributed by atoms with E-state index in [9.17, 15) is 9.59 Å². The van der Waals surface area contributed by atoms with Crippen molar-refractivity contribution in [2.75, 3.05) is 18.2 Å². The zero-order valence-electron chi connectivity index (χ0n) is 12.2. The van der Waals surface area contributed by atoms with Crippen LogP contribution < -0.4 is 11.1 Å². The van der Waals surface area contributed by atoms with Gasteiger partial charge in [0.25, 0.3) is 5.91 Å². The second-order valence-corrected chi connectivity index (χ2v) is 7.04. The monoisotopic (exact) mass is 324 g/mol. The van der Waals surface area contributed by atoms with E-state index in [1.165, 1.54) is 29.8 Å². The summed E-state index contributed by atoms with van der Waals surface area (Å²) in [4.78, 5) is 26.5. The minimum Gasteiger partial charge on any atom is -0.465 e. The highest BCUT2D eigenvalue weighted by molar-refractivity contribution is 7.17. The van der Waals surface area contributed by atoms with Crippen molar-refractivity contribution in [3.63, 3.8) is 0 Å². The summed E-state index contributed by atoms with van der Waals surface area (Å²) in [7, 11) is 1.32. The van der Waals surface area contributed by atoms with Crippen molar-refractivity contribution in [3.8, 4) is 0 Å². The lowest BCUT2D eigenvalue weighted by molar-refractivity contribution is 0.0601. The Kier molecular flexibility index (Phi) is 4.34. The van der Waals surface area contributed by atoms with Gasteiger partial charge in [0.1, 0.15) is 5.00 Å². The first-order valence-electron chi connectivity index (χ1n) is 6.20. The van der Waals surface area contributed by atoms with Crippen LogP contribution in [-0.4, -0.2) is 19.0 Å². The summed E-state index contributed by atoms with van der Waals surface area (Å²) in [5, 5.41) is 3.28. The van der Waals surface area contributed by atoms with Gasteiger partial charge in [0, 0.05) is 15.4 Å². The average Bonchev–Trinajstić information content (AvgIpc) is 2.91. The molecule has 2 aromatic rings. The fourth-order valence-electron chi connectivity index (χ4n) is 1.84. The number of rotatable bonds is 3. The van der Waals surface area contributed by atoms with E-state index in [0.29, 0.717) is 21.1 Å². The van der Waals surface area contributed by atoms with E-state index >= 15 is 0 Å². The Hall–Kier alpha value is -1.86. The molecule has 2 rings (SSSR count). The van der Waals surface area contributed by atoms with Crippen LogP contribution >= 0.6 is 22.7 Å². The molecule has 0 unspecified atom stereocenters. The van der Waals surface area contributed by atoms with Crippen LogP contribution in [0, 0.1) is 20.8 Å². The molecule has 0 fully saturated rings. The molecule has 7 heteroatoms. The molecule has 0 aliphatic rings. The number of carbonyl (C=O) groups is 2. The van der Waals surface area contributed by atoms with E-state index in [4.69, 9.17) is 10.5 Å². The Labute approximate surface area is 130 Å². The number of ether oxygens (including phenoxy) is 1. The summed E-state index contributed by atoms with van der Waals surface area (Å²) in [6, 6.07) is 1.64. The van der Waals surface area contributed by atoms with Gasteiger partial charge in [0.2, 0.25) is 0 Å². The van der Waals surface area contributed by atoms with Crippen molar-refractivity contribution in [3.05, 3.63) is 31.8 Å². The lowest BCUT2D eigenvalue weighted by Crippen LogP contribution is -2.13. The second-order valence-electron chi connectivity index (χ2n) is 4.56. The molecule has 0 spiro atoms. The van der Waals surface area contributed by atoms with Gasteiger partial charge < -0.3 is 15.8 Å². The third-order valence-electron chi connectivity index (χ3n) is 3.18. The van der Waals surface area contributed by atoms with Gasteiger partial charge in [-0.3, -0.25) is 4.79 Å². The number of hydrogen-bond donors (Lipinski definition) is 2. The summed E-state index contributed by atoms with van der Waals surface area (Å²) in [5.74, 6) is -0.722. The second kappa shape index (κ2) is 5.87. The fourth-order valence-corrected chi connectivity index (χ4v) is 3.72. The number of nitrogen functional groups attached to an aromatic ring is 1. The predicted molar refractivity (Wildman–Crippen MR) is 86.6 cm³/mol. The van der Waals surface area contributed by atoms with Gasteiger partial charge in [-0.05, 0) is 32.4 Å². The number of anilines is 2. The molecule has 0 aliphatic carbocycles. The molecule has 0 saturated heterocycles. The molecular weight excluding hydrogens is 308 g/mol. The van der Waals surface area contributed by atoms with Crippen LogP contribution in [-0.2, 0) is 4.74 Å². The molecule has 3 N–H and O–H groups in total. The van der Waals surface area contributed by atoms with Gasteiger partial charge in [-0.2, -0.15) is 0 Å². The third kappa shape index (κ3) is 2.93. The van der Waals surface area contributed by atoms with Gasteiger partial charge in [-0.25, -0.2) is 4.79 Å². The van der Waals surface area contributed by atoms with E-state index in [1.807, 2.05) is 20.8 Å². The first-order valence-corrected chi connectivity index (χ1v) is 7.84. The third-order valence-corrected chi connectivity index (χ3v) is 5.37. The van der Waals surface area contributed by atoms with E-state index in [1.54, 1.807) is 6.07 Å². The van der Waals surface area contributed by atoms with Crippen molar-refractivity contribution in [2.24, 2.45) is 0 Å². The van der Waals surface area contributed by atoms with Crippen LogP contribution in [0.25, 0.3) is 0 Å². The number of nitrogens with two attached hydrogens (primary N) is 1. The van der Waals surface area contributed by atoms with E-state index in [0.717, 1.165) is 15.3 Å². The summed E-state index contributed by atoms with van der Waals surface area (Å²) in [5.41, 5.74) is 7.59. The minimum absolute atomic E-state index is 0.272. The zero-order valence-corrected chi connectivity index (χ0v) is 13.8. The normalized spacial score (nSPS) is 10.5. The predicted octanol–water partition coefficient (Wildman–Crippen LogP) is 3.36. The summed E-state index contributed by atoms with van der Waals surface area (Å²) in [6.45, 7) is 5.59. The van der Waals surface area contributed by atoms with Crippen molar-refractivity contribution in [1.82, 2.24) is 0 Å². The smallest absolute Gasteiger partial charge is 0.341 e. The highest BCUT2D eigenvalue weighted by Gasteiger charge is 2.22. The van der Waals surface area contributed by atoms with Crippen molar-refractivity contribution >= 4 is 45.2 Å². The number of amides is 1. The Bertz CT molecular complexity index is 697. The number of aryl methyl sites for hydroxylation is 2. The Balaban J connectivity index is 2.33. The molecule has 112 valence electrons. The highest BCUT2D eigenvalue weighted by atomic mass is 32.1. The van der Waals surface area contributed by atoms with Crippen LogP contribution in [0.1, 0.15) is 35.3 Å². The number of esters is 1. The summed E-state index contributed by atoms with van der Waals surface area (Å²) in [6.07, 6.45) is 0.